The molecule has 224 valence electrons. The van der Waals surface area contributed by atoms with Gasteiger partial charge < -0.3 is 29.9 Å². The van der Waals surface area contributed by atoms with Crippen LogP contribution in [-0.2, 0) is 27.0 Å². The van der Waals surface area contributed by atoms with E-state index < -0.39 is 30.0 Å². The smallest absolute Gasteiger partial charge is 0.340 e. The van der Waals surface area contributed by atoms with Crippen molar-refractivity contribution in [2.24, 2.45) is 11.8 Å². The molecule has 0 aromatic heterocycles. The molecule has 0 unspecified atom stereocenters. The predicted octanol–water partition coefficient (Wildman–Crippen LogP) is 4.28. The van der Waals surface area contributed by atoms with Crippen molar-refractivity contribution in [1.82, 2.24) is 4.90 Å². The van der Waals surface area contributed by atoms with Crippen molar-refractivity contribution >= 4 is 29.2 Å². The number of hydrogen-bond donors (Lipinski definition) is 3. The fourth-order valence-electron chi connectivity index (χ4n) is 7.35. The molecule has 3 N–H and O–H groups in total. The molecule has 2 aromatic rings. The lowest BCUT2D eigenvalue weighted by molar-refractivity contribution is -0.164. The highest BCUT2D eigenvalue weighted by Gasteiger charge is 2.46. The molecule has 0 radical (unpaired) electrons. The topological polar surface area (TPSA) is 111 Å². The van der Waals surface area contributed by atoms with Gasteiger partial charge in [-0.15, -0.1) is 0 Å². The molecule has 2 heterocycles. The first-order chi connectivity index (χ1) is 20.1. The van der Waals surface area contributed by atoms with E-state index >= 15 is 0 Å². The molecule has 42 heavy (non-hydrogen) atoms. The number of carbonyl (C=O) groups is 2. The largest absolute Gasteiger partial charge is 0.490 e. The number of nitrogens with zero attached hydrogens (tertiary/aromatic N) is 2. The summed E-state index contributed by atoms with van der Waals surface area (Å²) in [5, 5.41) is 33.5. The number of amides is 1. The van der Waals surface area contributed by atoms with Crippen LogP contribution in [0.25, 0.3) is 0 Å². The molecular weight excluding hydrogens is 556 g/mol. The van der Waals surface area contributed by atoms with Crippen molar-refractivity contribution in [2.45, 2.75) is 62.1 Å². The van der Waals surface area contributed by atoms with E-state index in [0.29, 0.717) is 49.1 Å². The molecule has 1 amide bonds. The Morgan fingerprint density at radius 3 is 2.76 bits per heavy atom. The fraction of sp³-hybridized carbons (Fsp3) is 0.515. The number of anilines is 1. The first-order valence-electron chi connectivity index (χ1n) is 15.0. The average molecular weight is 595 g/mol. The normalized spacial score (nSPS) is 32.2. The monoisotopic (exact) mass is 594 g/mol. The molecule has 9 heteroatoms. The van der Waals surface area contributed by atoms with Crippen LogP contribution in [0.3, 0.4) is 0 Å². The number of benzene rings is 2. The maximum absolute atomic E-state index is 13.1. The average Bonchev–Trinajstić information content (AvgIpc) is 3.09. The Balaban J connectivity index is 1.46. The first kappa shape index (κ1) is 29.0. The zero-order valence-corrected chi connectivity index (χ0v) is 24.7. The van der Waals surface area contributed by atoms with E-state index in [1.165, 1.54) is 16.0 Å². The molecule has 1 spiro atoms. The van der Waals surface area contributed by atoms with Gasteiger partial charge >= 0.3 is 5.97 Å². The first-order valence-corrected chi connectivity index (χ1v) is 15.3. The molecule has 4 aliphatic rings. The number of aryl methyl sites for hydroxylation is 1. The van der Waals surface area contributed by atoms with Gasteiger partial charge in [-0.1, -0.05) is 35.9 Å². The van der Waals surface area contributed by atoms with Crippen molar-refractivity contribution in [3.63, 3.8) is 0 Å². The number of carboxylic acid groups (broad SMARTS) is 1. The van der Waals surface area contributed by atoms with Crippen LogP contribution < -0.4 is 9.64 Å². The number of aliphatic carboxylic acids is 1. The number of rotatable bonds is 1. The zero-order chi connectivity index (χ0) is 29.6. The molecule has 0 saturated heterocycles. The van der Waals surface area contributed by atoms with Crippen LogP contribution in [0.4, 0.5) is 5.69 Å². The molecule has 2 bridgehead atoms. The third-order valence-corrected chi connectivity index (χ3v) is 10.3. The van der Waals surface area contributed by atoms with E-state index in [9.17, 15) is 24.9 Å². The van der Waals surface area contributed by atoms with Crippen molar-refractivity contribution in [3.8, 4) is 5.75 Å². The second kappa shape index (κ2) is 11.2. The van der Waals surface area contributed by atoms with E-state index in [4.69, 9.17) is 16.3 Å². The SMILES string of the molecule is CN1CC/C=C/[C@@H](O)[C@@H]2CC[C@H]2CN2C[C@@]3(CCCc4cc(Cl)ccc43)COc3ccc(cc32)[C@](O)(C(=O)O)CC1=O. The summed E-state index contributed by atoms with van der Waals surface area (Å²) in [5.41, 5.74) is 0.594. The highest BCUT2D eigenvalue weighted by atomic mass is 35.5. The number of hydrogen-bond acceptors (Lipinski definition) is 6. The summed E-state index contributed by atoms with van der Waals surface area (Å²) in [6.45, 7) is 2.11. The summed E-state index contributed by atoms with van der Waals surface area (Å²) in [6, 6.07) is 11.1. The zero-order valence-electron chi connectivity index (χ0n) is 24.0. The number of ether oxygens (including phenoxy) is 1. The summed E-state index contributed by atoms with van der Waals surface area (Å²) in [7, 11) is 1.60. The van der Waals surface area contributed by atoms with E-state index in [2.05, 4.69) is 11.0 Å². The Morgan fingerprint density at radius 1 is 1.17 bits per heavy atom. The Labute approximate surface area is 251 Å². The maximum Gasteiger partial charge on any atom is 0.340 e. The van der Waals surface area contributed by atoms with Gasteiger partial charge in [0.15, 0.2) is 5.60 Å². The minimum atomic E-state index is -2.40. The van der Waals surface area contributed by atoms with Crippen molar-refractivity contribution in [3.05, 3.63) is 70.3 Å². The number of aliphatic hydroxyl groups is 2. The molecule has 8 nitrogen and oxygen atoms in total. The third kappa shape index (κ3) is 5.18. The summed E-state index contributed by atoms with van der Waals surface area (Å²) >= 11 is 6.38. The number of halogens is 1. The van der Waals surface area contributed by atoms with Crippen molar-refractivity contribution in [1.29, 1.82) is 0 Å². The standard InChI is InChI=1S/C33H39ClN2O6/c1-35-14-3-2-6-28(37)25-10-7-22(25)18-36-19-32(13-4-5-21-15-24(34)9-11-26(21)32)20-42-29-12-8-23(16-27(29)36)33(41,31(39)40)17-30(35)38/h2,6,8-9,11-12,15-16,22,25,28,37,41H,3-5,7,10,13-14,17-20H2,1H3,(H,39,40)/b6-2+/t22-,25+,28+,32-,33-/m0/s1. The molecule has 1 fully saturated rings. The molecule has 2 aromatic carbocycles. The molecule has 5 atom stereocenters. The van der Waals surface area contributed by atoms with Gasteiger partial charge in [0.05, 0.1) is 24.8 Å². The van der Waals surface area contributed by atoms with Crippen molar-refractivity contribution in [2.75, 3.05) is 38.2 Å². The second-order valence-corrected chi connectivity index (χ2v) is 13.1. The molecule has 2 aliphatic carbocycles. The predicted molar refractivity (Wildman–Crippen MR) is 160 cm³/mol. The van der Waals surface area contributed by atoms with Crippen LogP contribution in [0, 0.1) is 11.8 Å². The van der Waals surface area contributed by atoms with E-state index in [1.807, 2.05) is 24.3 Å². The van der Waals surface area contributed by atoms with Gasteiger partial charge in [-0.3, -0.25) is 4.79 Å². The Kier molecular flexibility index (Phi) is 7.75. The Morgan fingerprint density at radius 2 is 2.00 bits per heavy atom. The minimum Gasteiger partial charge on any atom is -0.490 e. The van der Waals surface area contributed by atoms with Crippen LogP contribution in [0.2, 0.25) is 5.02 Å². The van der Waals surface area contributed by atoms with Gasteiger partial charge in [-0.2, -0.15) is 0 Å². The molecule has 2 aliphatic heterocycles. The van der Waals surface area contributed by atoms with E-state index in [-0.39, 0.29) is 22.8 Å². The van der Waals surface area contributed by atoms with E-state index in [0.717, 1.165) is 32.1 Å². The van der Waals surface area contributed by atoms with Gasteiger partial charge in [-0.05, 0) is 91.3 Å². The molecule has 1 saturated carbocycles. The van der Waals surface area contributed by atoms with Crippen LogP contribution in [0.1, 0.15) is 55.2 Å². The summed E-state index contributed by atoms with van der Waals surface area (Å²) in [4.78, 5) is 29.3. The van der Waals surface area contributed by atoms with Gasteiger partial charge in [0.1, 0.15) is 5.75 Å². The third-order valence-electron chi connectivity index (χ3n) is 10.0. The second-order valence-electron chi connectivity index (χ2n) is 12.7. The minimum absolute atomic E-state index is 0.105. The number of fused-ring (bicyclic) bond motifs is 4. The highest BCUT2D eigenvalue weighted by molar-refractivity contribution is 6.30. The Bertz CT molecular complexity index is 1410. The lowest BCUT2D eigenvalue weighted by atomic mass is 9.68. The van der Waals surface area contributed by atoms with Gasteiger partial charge in [0.2, 0.25) is 5.91 Å². The number of carbonyl (C=O) groups excluding carboxylic acids is 1. The van der Waals surface area contributed by atoms with Gasteiger partial charge in [0.25, 0.3) is 0 Å². The number of aliphatic hydroxyl groups excluding tert-OH is 1. The van der Waals surface area contributed by atoms with Crippen LogP contribution in [0.5, 0.6) is 5.75 Å². The van der Waals surface area contributed by atoms with Crippen LogP contribution in [-0.4, -0.2) is 71.5 Å². The van der Waals surface area contributed by atoms with Gasteiger partial charge in [-0.25, -0.2) is 4.79 Å². The summed E-state index contributed by atoms with van der Waals surface area (Å²) in [6.07, 6.45) is 7.86. The van der Waals surface area contributed by atoms with Crippen LogP contribution in [0.15, 0.2) is 48.6 Å². The molecule has 6 rings (SSSR count). The van der Waals surface area contributed by atoms with E-state index in [1.54, 1.807) is 25.2 Å². The fourth-order valence-corrected chi connectivity index (χ4v) is 7.55. The highest BCUT2D eigenvalue weighted by Crippen LogP contribution is 2.47. The quantitative estimate of drug-likeness (QED) is 0.423. The van der Waals surface area contributed by atoms with Crippen molar-refractivity contribution < 1.29 is 29.6 Å². The maximum atomic E-state index is 13.1. The van der Waals surface area contributed by atoms with Crippen LogP contribution >= 0.6 is 11.6 Å². The summed E-state index contributed by atoms with van der Waals surface area (Å²) in [5.74, 6) is -0.985. The lowest BCUT2D eigenvalue weighted by Gasteiger charge is -2.45. The number of carboxylic acids is 1. The summed E-state index contributed by atoms with van der Waals surface area (Å²) < 4.78 is 6.52. The lowest BCUT2D eigenvalue weighted by Crippen LogP contribution is -2.49. The molecular formula is C33H39ClN2O6. The Hall–Kier alpha value is -3.07. The van der Waals surface area contributed by atoms with Gasteiger partial charge in [0, 0.05) is 37.1 Å².